The smallest absolute Gasteiger partial charge is 0.258 e. The van der Waals surface area contributed by atoms with Crippen LogP contribution < -0.4 is 14.8 Å². The molecule has 0 saturated heterocycles. The van der Waals surface area contributed by atoms with Crippen LogP contribution in [0.4, 0.5) is 5.69 Å². The number of fused-ring (bicyclic) bond motifs is 1. The lowest BCUT2D eigenvalue weighted by molar-refractivity contribution is -0.116. The maximum Gasteiger partial charge on any atom is 0.258 e. The minimum absolute atomic E-state index is 0.115. The Morgan fingerprint density at radius 3 is 2.33 bits per heavy atom. The summed E-state index contributed by atoms with van der Waals surface area (Å²) in [5, 5.41) is 2.87. The van der Waals surface area contributed by atoms with Gasteiger partial charge in [-0.1, -0.05) is 38.6 Å². The summed E-state index contributed by atoms with van der Waals surface area (Å²) in [6.45, 7) is 9.52. The standard InChI is InChI=1S/C24H28N2O4/c1-4-14-29-21-11-10-18(16-22(21)30-15-5-2)25-23(27)12-13-26-17(3)19-8-6-7-9-20(19)24(26)28/h6-11,16H,3-5,12-15H2,1-2H3,(H,25,27). The van der Waals surface area contributed by atoms with Gasteiger partial charge in [-0.15, -0.1) is 0 Å². The van der Waals surface area contributed by atoms with Gasteiger partial charge in [0.25, 0.3) is 5.91 Å². The zero-order valence-electron chi connectivity index (χ0n) is 17.6. The van der Waals surface area contributed by atoms with Crippen molar-refractivity contribution in [3.63, 3.8) is 0 Å². The molecule has 1 N–H and O–H groups in total. The highest BCUT2D eigenvalue weighted by Gasteiger charge is 2.30. The van der Waals surface area contributed by atoms with Crippen LogP contribution in [0.3, 0.4) is 0 Å². The predicted molar refractivity (Wildman–Crippen MR) is 118 cm³/mol. The minimum Gasteiger partial charge on any atom is -0.490 e. The first-order chi connectivity index (χ1) is 14.5. The Hall–Kier alpha value is -3.28. The van der Waals surface area contributed by atoms with Crippen LogP contribution in [-0.4, -0.2) is 36.5 Å². The predicted octanol–water partition coefficient (Wildman–Crippen LogP) is 4.72. The van der Waals surface area contributed by atoms with Crippen LogP contribution in [0, 0.1) is 0 Å². The molecule has 1 aliphatic heterocycles. The van der Waals surface area contributed by atoms with Gasteiger partial charge in [-0.05, 0) is 31.0 Å². The Kier molecular flexibility index (Phi) is 7.12. The monoisotopic (exact) mass is 408 g/mol. The molecule has 6 heteroatoms. The highest BCUT2D eigenvalue weighted by atomic mass is 16.5. The maximum absolute atomic E-state index is 12.5. The van der Waals surface area contributed by atoms with Gasteiger partial charge < -0.3 is 19.7 Å². The normalized spacial score (nSPS) is 12.7. The van der Waals surface area contributed by atoms with E-state index in [1.807, 2.05) is 32.0 Å². The first-order valence-corrected chi connectivity index (χ1v) is 10.3. The molecule has 0 atom stereocenters. The van der Waals surface area contributed by atoms with Gasteiger partial charge in [0.05, 0.1) is 13.2 Å². The second-order valence-electron chi connectivity index (χ2n) is 7.11. The van der Waals surface area contributed by atoms with Crippen molar-refractivity contribution in [3.8, 4) is 11.5 Å². The van der Waals surface area contributed by atoms with E-state index >= 15 is 0 Å². The molecular formula is C24H28N2O4. The number of carbonyl (C=O) groups excluding carboxylic acids is 2. The fourth-order valence-corrected chi connectivity index (χ4v) is 3.25. The van der Waals surface area contributed by atoms with Crippen LogP contribution in [0.2, 0.25) is 0 Å². The van der Waals surface area contributed by atoms with E-state index in [4.69, 9.17) is 9.47 Å². The Balaban J connectivity index is 1.61. The van der Waals surface area contributed by atoms with E-state index in [2.05, 4.69) is 11.9 Å². The van der Waals surface area contributed by atoms with Crippen LogP contribution in [-0.2, 0) is 4.79 Å². The molecule has 1 heterocycles. The molecule has 2 amide bonds. The van der Waals surface area contributed by atoms with Gasteiger partial charge in [0.2, 0.25) is 5.91 Å². The number of nitrogens with zero attached hydrogens (tertiary/aromatic N) is 1. The number of carbonyl (C=O) groups is 2. The van der Waals surface area contributed by atoms with Gasteiger partial charge in [0.1, 0.15) is 0 Å². The summed E-state index contributed by atoms with van der Waals surface area (Å²) in [7, 11) is 0. The fraction of sp³-hybridized carbons (Fsp3) is 0.333. The molecule has 3 rings (SSSR count). The number of anilines is 1. The summed E-state index contributed by atoms with van der Waals surface area (Å²) in [6.07, 6.45) is 1.94. The van der Waals surface area contributed by atoms with Gasteiger partial charge in [-0.2, -0.15) is 0 Å². The molecule has 6 nitrogen and oxygen atoms in total. The number of ether oxygens (including phenoxy) is 2. The summed E-state index contributed by atoms with van der Waals surface area (Å²) >= 11 is 0. The number of hydrogen-bond donors (Lipinski definition) is 1. The van der Waals surface area contributed by atoms with Gasteiger partial charge in [0, 0.05) is 41.5 Å². The average Bonchev–Trinajstić information content (AvgIpc) is 3.00. The lowest BCUT2D eigenvalue weighted by Gasteiger charge is -2.17. The minimum atomic E-state index is -0.185. The summed E-state index contributed by atoms with van der Waals surface area (Å²) in [5.41, 5.74) is 2.72. The van der Waals surface area contributed by atoms with E-state index in [-0.39, 0.29) is 24.8 Å². The van der Waals surface area contributed by atoms with E-state index in [1.54, 1.807) is 29.2 Å². The molecular weight excluding hydrogens is 380 g/mol. The van der Waals surface area contributed by atoms with Crippen LogP contribution in [0.15, 0.2) is 49.0 Å². The largest absolute Gasteiger partial charge is 0.490 e. The Morgan fingerprint density at radius 1 is 1.00 bits per heavy atom. The summed E-state index contributed by atoms with van der Waals surface area (Å²) in [5.74, 6) is 0.980. The number of hydrogen-bond acceptors (Lipinski definition) is 4. The van der Waals surface area contributed by atoms with Gasteiger partial charge in [-0.3, -0.25) is 9.59 Å². The van der Waals surface area contributed by atoms with Crippen molar-refractivity contribution in [1.29, 1.82) is 0 Å². The van der Waals surface area contributed by atoms with Crippen molar-refractivity contribution in [2.45, 2.75) is 33.1 Å². The van der Waals surface area contributed by atoms with Crippen molar-refractivity contribution < 1.29 is 19.1 Å². The molecule has 158 valence electrons. The van der Waals surface area contributed by atoms with Crippen LogP contribution in [0.5, 0.6) is 11.5 Å². The molecule has 0 spiro atoms. The third-order valence-corrected chi connectivity index (χ3v) is 4.75. The second-order valence-corrected chi connectivity index (χ2v) is 7.11. The molecule has 0 aliphatic carbocycles. The first kappa shape index (κ1) is 21.4. The Labute approximate surface area is 177 Å². The molecule has 0 saturated carbocycles. The van der Waals surface area contributed by atoms with E-state index in [0.717, 1.165) is 18.4 Å². The zero-order chi connectivity index (χ0) is 21.5. The number of amides is 2. The summed E-state index contributed by atoms with van der Waals surface area (Å²) in [6, 6.07) is 12.7. The number of rotatable bonds is 10. The lowest BCUT2D eigenvalue weighted by Crippen LogP contribution is -2.27. The highest BCUT2D eigenvalue weighted by Crippen LogP contribution is 2.32. The van der Waals surface area contributed by atoms with E-state index in [1.165, 1.54) is 0 Å². The SMILES string of the molecule is C=C1c2ccccc2C(=O)N1CCC(=O)Nc1ccc(OCCC)c(OCCC)c1. The summed E-state index contributed by atoms with van der Waals surface area (Å²) < 4.78 is 11.5. The third-order valence-electron chi connectivity index (χ3n) is 4.75. The van der Waals surface area contributed by atoms with Crippen molar-refractivity contribution >= 4 is 23.2 Å². The van der Waals surface area contributed by atoms with Crippen molar-refractivity contribution in [1.82, 2.24) is 4.90 Å². The number of benzene rings is 2. The Morgan fingerprint density at radius 2 is 1.67 bits per heavy atom. The molecule has 0 fully saturated rings. The maximum atomic E-state index is 12.5. The topological polar surface area (TPSA) is 67.9 Å². The van der Waals surface area contributed by atoms with E-state index in [9.17, 15) is 9.59 Å². The molecule has 0 unspecified atom stereocenters. The van der Waals surface area contributed by atoms with Crippen LogP contribution in [0.1, 0.15) is 49.0 Å². The third kappa shape index (κ3) is 4.82. The van der Waals surface area contributed by atoms with Crippen molar-refractivity contribution in [3.05, 3.63) is 60.2 Å². The first-order valence-electron chi connectivity index (χ1n) is 10.3. The van der Waals surface area contributed by atoms with Crippen LogP contribution in [0.25, 0.3) is 5.70 Å². The van der Waals surface area contributed by atoms with E-state index < -0.39 is 0 Å². The van der Waals surface area contributed by atoms with Gasteiger partial charge in [-0.25, -0.2) is 0 Å². The fourth-order valence-electron chi connectivity index (χ4n) is 3.25. The lowest BCUT2D eigenvalue weighted by atomic mass is 10.1. The molecule has 0 radical (unpaired) electrons. The highest BCUT2D eigenvalue weighted by molar-refractivity contribution is 6.09. The molecule has 2 aromatic rings. The quantitative estimate of drug-likeness (QED) is 0.618. The van der Waals surface area contributed by atoms with Crippen molar-refractivity contribution in [2.24, 2.45) is 0 Å². The molecule has 2 aromatic carbocycles. The molecule has 1 aliphatic rings. The van der Waals surface area contributed by atoms with E-state index in [0.29, 0.717) is 41.7 Å². The second kappa shape index (κ2) is 9.96. The zero-order valence-corrected chi connectivity index (χ0v) is 17.6. The molecule has 0 aromatic heterocycles. The van der Waals surface area contributed by atoms with Crippen LogP contribution >= 0.6 is 0 Å². The average molecular weight is 408 g/mol. The summed E-state index contributed by atoms with van der Waals surface area (Å²) in [4.78, 5) is 26.6. The number of nitrogens with one attached hydrogen (secondary N) is 1. The van der Waals surface area contributed by atoms with Gasteiger partial charge >= 0.3 is 0 Å². The van der Waals surface area contributed by atoms with Gasteiger partial charge in [0.15, 0.2) is 11.5 Å². The molecule has 30 heavy (non-hydrogen) atoms. The molecule has 0 bridgehead atoms. The van der Waals surface area contributed by atoms with Crippen molar-refractivity contribution in [2.75, 3.05) is 25.1 Å². The Bertz CT molecular complexity index is 904.